The minimum Gasteiger partial charge on any atom is -0.261 e. The summed E-state index contributed by atoms with van der Waals surface area (Å²) >= 11 is 0. The van der Waals surface area contributed by atoms with Gasteiger partial charge >= 0.3 is 0 Å². The summed E-state index contributed by atoms with van der Waals surface area (Å²) in [5.74, 6) is 0. The van der Waals surface area contributed by atoms with Gasteiger partial charge in [-0.2, -0.15) is 0 Å². The van der Waals surface area contributed by atoms with Crippen molar-refractivity contribution in [1.29, 1.82) is 0 Å². The predicted octanol–water partition coefficient (Wildman–Crippen LogP) is 1.74. The Kier molecular flexibility index (Phi) is 1.62. The molecule has 0 aliphatic heterocycles. The highest BCUT2D eigenvalue weighted by molar-refractivity contribution is 5.25. The Morgan fingerprint density at radius 3 is 3.27 bits per heavy atom. The Morgan fingerprint density at radius 1 is 1.55 bits per heavy atom. The van der Waals surface area contributed by atoms with Crippen molar-refractivity contribution in [2.24, 2.45) is 0 Å². The zero-order chi connectivity index (χ0) is 7.68. The van der Waals surface area contributed by atoms with E-state index in [2.05, 4.69) is 4.98 Å². The molecule has 0 amide bonds. The van der Waals surface area contributed by atoms with Crippen LogP contribution in [0.5, 0.6) is 0 Å². The van der Waals surface area contributed by atoms with E-state index in [1.165, 1.54) is 0 Å². The lowest BCUT2D eigenvalue weighted by Gasteiger charge is -2.19. The van der Waals surface area contributed by atoms with Crippen LogP contribution >= 0.6 is 0 Å². The first-order valence-corrected chi connectivity index (χ1v) is 4.03. The molecule has 0 spiro atoms. The number of nitrogens with zero attached hydrogens (tertiary/aromatic N) is 1. The quantitative estimate of drug-likeness (QED) is 0.550. The molecule has 1 N–H and O–H groups in total. The maximum atomic E-state index is 7.71. The third-order valence-corrected chi connectivity index (χ3v) is 2.21. The SMILES string of the molecule is [NH]C1CCCc2ncccc21. The molecule has 1 heterocycles. The number of rotatable bonds is 0. The third-order valence-electron chi connectivity index (χ3n) is 2.21. The fourth-order valence-electron chi connectivity index (χ4n) is 1.61. The van der Waals surface area contributed by atoms with Crippen LogP contribution < -0.4 is 5.73 Å². The number of aryl methyl sites for hydroxylation is 1. The van der Waals surface area contributed by atoms with Crippen LogP contribution in [0.1, 0.15) is 30.1 Å². The molecule has 1 aliphatic carbocycles. The molecule has 2 rings (SSSR count). The number of nitrogens with one attached hydrogen (secondary N) is 1. The summed E-state index contributed by atoms with van der Waals surface area (Å²) in [6.45, 7) is 0. The molecule has 1 radical (unpaired) electrons. The van der Waals surface area contributed by atoms with Crippen molar-refractivity contribution >= 4 is 0 Å². The zero-order valence-electron chi connectivity index (χ0n) is 6.38. The number of aromatic nitrogens is 1. The van der Waals surface area contributed by atoms with Crippen molar-refractivity contribution in [1.82, 2.24) is 10.7 Å². The monoisotopic (exact) mass is 147 g/mol. The molecule has 0 saturated carbocycles. The van der Waals surface area contributed by atoms with Gasteiger partial charge in [-0.25, -0.2) is 5.73 Å². The average molecular weight is 147 g/mol. The van der Waals surface area contributed by atoms with E-state index in [9.17, 15) is 0 Å². The Balaban J connectivity index is 2.44. The molecule has 0 saturated heterocycles. The highest BCUT2D eigenvalue weighted by Crippen LogP contribution is 2.26. The minimum atomic E-state index is -0.0209. The van der Waals surface area contributed by atoms with Crippen LogP contribution in [-0.2, 0) is 6.42 Å². The van der Waals surface area contributed by atoms with Gasteiger partial charge in [-0.3, -0.25) is 4.98 Å². The second-order valence-corrected chi connectivity index (χ2v) is 2.98. The number of pyridine rings is 1. The van der Waals surface area contributed by atoms with Crippen LogP contribution in [0.15, 0.2) is 18.3 Å². The summed E-state index contributed by atoms with van der Waals surface area (Å²) in [6, 6.07) is 3.93. The smallest absolute Gasteiger partial charge is 0.0480 e. The molecule has 1 unspecified atom stereocenters. The fourth-order valence-corrected chi connectivity index (χ4v) is 1.61. The van der Waals surface area contributed by atoms with Gasteiger partial charge in [0.05, 0.1) is 0 Å². The topological polar surface area (TPSA) is 36.7 Å². The molecule has 0 aromatic carbocycles. The van der Waals surface area contributed by atoms with Gasteiger partial charge in [0, 0.05) is 17.9 Å². The lowest BCUT2D eigenvalue weighted by molar-refractivity contribution is 0.547. The van der Waals surface area contributed by atoms with Gasteiger partial charge in [-0.15, -0.1) is 0 Å². The fraction of sp³-hybridized carbons (Fsp3) is 0.444. The number of hydrogen-bond acceptors (Lipinski definition) is 1. The third kappa shape index (κ3) is 1.14. The van der Waals surface area contributed by atoms with E-state index in [0.29, 0.717) is 0 Å². The van der Waals surface area contributed by atoms with Gasteiger partial charge in [0.25, 0.3) is 0 Å². The van der Waals surface area contributed by atoms with E-state index in [-0.39, 0.29) is 6.04 Å². The van der Waals surface area contributed by atoms with Crippen LogP contribution in [0.25, 0.3) is 0 Å². The first kappa shape index (κ1) is 6.80. The molecular formula is C9H11N2. The van der Waals surface area contributed by atoms with Crippen LogP contribution in [0.4, 0.5) is 0 Å². The molecule has 1 atom stereocenters. The molecule has 11 heavy (non-hydrogen) atoms. The molecule has 0 bridgehead atoms. The summed E-state index contributed by atoms with van der Waals surface area (Å²) in [4.78, 5) is 4.25. The summed E-state index contributed by atoms with van der Waals surface area (Å²) < 4.78 is 0. The van der Waals surface area contributed by atoms with Crippen LogP contribution in [0, 0.1) is 0 Å². The van der Waals surface area contributed by atoms with Gasteiger partial charge in [0.15, 0.2) is 0 Å². The predicted molar refractivity (Wildman–Crippen MR) is 43.0 cm³/mol. The standard InChI is InChI=1S/C9H11N2/c10-8-4-1-5-9-7(8)3-2-6-11-9/h2-3,6,8,10H,1,4-5H2. The van der Waals surface area contributed by atoms with E-state index < -0.39 is 0 Å². The maximum absolute atomic E-state index is 7.71. The van der Waals surface area contributed by atoms with Crippen molar-refractivity contribution < 1.29 is 0 Å². The molecular weight excluding hydrogens is 136 g/mol. The second-order valence-electron chi connectivity index (χ2n) is 2.98. The van der Waals surface area contributed by atoms with Crippen molar-refractivity contribution in [2.45, 2.75) is 25.3 Å². The minimum absolute atomic E-state index is 0.0209. The molecule has 0 fully saturated rings. The van der Waals surface area contributed by atoms with Crippen LogP contribution in [0.3, 0.4) is 0 Å². The van der Waals surface area contributed by atoms with E-state index in [1.54, 1.807) is 0 Å². The zero-order valence-corrected chi connectivity index (χ0v) is 6.38. The van der Waals surface area contributed by atoms with E-state index in [0.717, 1.165) is 30.5 Å². The average Bonchev–Trinajstić information content (AvgIpc) is 2.06. The lowest BCUT2D eigenvalue weighted by Crippen LogP contribution is -2.11. The first-order valence-electron chi connectivity index (χ1n) is 4.03. The van der Waals surface area contributed by atoms with Gasteiger partial charge in [-0.05, 0) is 30.9 Å². The van der Waals surface area contributed by atoms with Crippen molar-refractivity contribution in [3.8, 4) is 0 Å². The van der Waals surface area contributed by atoms with E-state index >= 15 is 0 Å². The molecule has 1 aliphatic rings. The van der Waals surface area contributed by atoms with Gasteiger partial charge in [-0.1, -0.05) is 6.07 Å². The Hall–Kier alpha value is -0.890. The van der Waals surface area contributed by atoms with Gasteiger partial charge in [0.2, 0.25) is 0 Å². The normalized spacial score (nSPS) is 22.8. The van der Waals surface area contributed by atoms with Crippen LogP contribution in [-0.4, -0.2) is 4.98 Å². The molecule has 2 nitrogen and oxygen atoms in total. The molecule has 1 aromatic rings. The van der Waals surface area contributed by atoms with Crippen molar-refractivity contribution in [3.63, 3.8) is 0 Å². The summed E-state index contributed by atoms with van der Waals surface area (Å²) in [5.41, 5.74) is 9.99. The summed E-state index contributed by atoms with van der Waals surface area (Å²) in [5, 5.41) is 0. The van der Waals surface area contributed by atoms with Gasteiger partial charge in [0.1, 0.15) is 0 Å². The van der Waals surface area contributed by atoms with Gasteiger partial charge < -0.3 is 0 Å². The number of fused-ring (bicyclic) bond motifs is 1. The largest absolute Gasteiger partial charge is 0.261 e. The maximum Gasteiger partial charge on any atom is 0.0480 e. The Bertz CT molecular complexity index is 257. The lowest BCUT2D eigenvalue weighted by atomic mass is 9.92. The highest BCUT2D eigenvalue weighted by atomic mass is 14.7. The first-order chi connectivity index (χ1) is 5.38. The summed E-state index contributed by atoms with van der Waals surface area (Å²) in [7, 11) is 0. The Morgan fingerprint density at radius 2 is 2.45 bits per heavy atom. The van der Waals surface area contributed by atoms with Crippen molar-refractivity contribution in [3.05, 3.63) is 29.6 Å². The highest BCUT2D eigenvalue weighted by Gasteiger charge is 2.16. The molecule has 57 valence electrons. The second kappa shape index (κ2) is 2.62. The molecule has 1 aromatic heterocycles. The Labute approximate surface area is 66.4 Å². The summed E-state index contributed by atoms with van der Waals surface area (Å²) in [6.07, 6.45) is 5.00. The number of hydrogen-bond donors (Lipinski definition) is 0. The van der Waals surface area contributed by atoms with Crippen molar-refractivity contribution in [2.75, 3.05) is 0 Å². The van der Waals surface area contributed by atoms with Crippen LogP contribution in [0.2, 0.25) is 0 Å². The molecule has 2 heteroatoms. The van der Waals surface area contributed by atoms with E-state index in [1.807, 2.05) is 18.3 Å². The van der Waals surface area contributed by atoms with E-state index in [4.69, 9.17) is 5.73 Å².